The van der Waals surface area contributed by atoms with Crippen LogP contribution < -0.4 is 10.1 Å². The normalized spacial score (nSPS) is 12.2. The summed E-state index contributed by atoms with van der Waals surface area (Å²) in [6.45, 7) is 4.46. The minimum atomic E-state index is -0.293. The number of nitrogens with one attached hydrogen (secondary N) is 1. The van der Waals surface area contributed by atoms with Crippen LogP contribution in [0.3, 0.4) is 0 Å². The molecular weight excluding hydrogens is 329 g/mol. The van der Waals surface area contributed by atoms with Crippen LogP contribution >= 0.6 is 27.3 Å². The van der Waals surface area contributed by atoms with Crippen molar-refractivity contribution in [3.63, 3.8) is 0 Å². The molecule has 2 rings (SSSR count). The number of anilines is 1. The van der Waals surface area contributed by atoms with E-state index in [2.05, 4.69) is 28.2 Å². The Hall–Kier alpha value is -1.07. The second-order valence-electron chi connectivity index (χ2n) is 4.07. The van der Waals surface area contributed by atoms with Gasteiger partial charge in [0.15, 0.2) is 0 Å². The smallest absolute Gasteiger partial charge is 0.145 e. The maximum Gasteiger partial charge on any atom is 0.145 e. The first kappa shape index (κ1) is 14.3. The molecule has 102 valence electrons. The largest absolute Gasteiger partial charge is 0.492 e. The van der Waals surface area contributed by atoms with Crippen LogP contribution in [-0.2, 0) is 0 Å². The molecule has 0 amide bonds. The molecule has 19 heavy (non-hydrogen) atoms. The van der Waals surface area contributed by atoms with Crippen LogP contribution in [0.25, 0.3) is 0 Å². The molecule has 1 aromatic heterocycles. The van der Waals surface area contributed by atoms with Crippen LogP contribution in [-0.4, -0.2) is 6.61 Å². The van der Waals surface area contributed by atoms with E-state index in [9.17, 15) is 4.39 Å². The SMILES string of the molecule is CCOc1cc(F)ccc1NC(C)c1sccc1Br. The molecule has 2 aromatic rings. The summed E-state index contributed by atoms with van der Waals surface area (Å²) in [4.78, 5) is 1.20. The zero-order chi connectivity index (χ0) is 13.8. The summed E-state index contributed by atoms with van der Waals surface area (Å²) in [5, 5.41) is 5.39. The van der Waals surface area contributed by atoms with Crippen molar-refractivity contribution in [2.75, 3.05) is 11.9 Å². The summed E-state index contributed by atoms with van der Waals surface area (Å²) >= 11 is 5.20. The predicted octanol–water partition coefficient (Wildman–Crippen LogP) is 5.22. The summed E-state index contributed by atoms with van der Waals surface area (Å²) in [7, 11) is 0. The number of thiophene rings is 1. The van der Waals surface area contributed by atoms with Gasteiger partial charge < -0.3 is 10.1 Å². The van der Waals surface area contributed by atoms with Gasteiger partial charge in [-0.05, 0) is 53.4 Å². The van der Waals surface area contributed by atoms with Crippen molar-refractivity contribution in [1.29, 1.82) is 0 Å². The van der Waals surface area contributed by atoms with Crippen molar-refractivity contribution in [3.05, 3.63) is 44.8 Å². The van der Waals surface area contributed by atoms with E-state index in [0.717, 1.165) is 10.2 Å². The van der Waals surface area contributed by atoms with Crippen molar-refractivity contribution in [3.8, 4) is 5.75 Å². The molecule has 1 atom stereocenters. The van der Waals surface area contributed by atoms with Gasteiger partial charge >= 0.3 is 0 Å². The highest BCUT2D eigenvalue weighted by molar-refractivity contribution is 9.10. The van der Waals surface area contributed by atoms with E-state index in [0.29, 0.717) is 12.4 Å². The monoisotopic (exact) mass is 343 g/mol. The zero-order valence-corrected chi connectivity index (χ0v) is 13.1. The van der Waals surface area contributed by atoms with E-state index in [-0.39, 0.29) is 11.9 Å². The molecule has 0 saturated heterocycles. The molecular formula is C14H15BrFNOS. The van der Waals surface area contributed by atoms with E-state index >= 15 is 0 Å². The molecule has 0 radical (unpaired) electrons. The van der Waals surface area contributed by atoms with Crippen LogP contribution in [0.1, 0.15) is 24.8 Å². The van der Waals surface area contributed by atoms with E-state index < -0.39 is 0 Å². The second-order valence-corrected chi connectivity index (χ2v) is 5.87. The number of rotatable bonds is 5. The van der Waals surface area contributed by atoms with Gasteiger partial charge in [-0.15, -0.1) is 11.3 Å². The molecule has 1 N–H and O–H groups in total. The highest BCUT2D eigenvalue weighted by Gasteiger charge is 2.13. The van der Waals surface area contributed by atoms with Gasteiger partial charge in [0.25, 0.3) is 0 Å². The Morgan fingerprint density at radius 3 is 2.84 bits per heavy atom. The number of halogens is 2. The molecule has 0 aliphatic heterocycles. The summed E-state index contributed by atoms with van der Waals surface area (Å²) in [6, 6.07) is 6.69. The lowest BCUT2D eigenvalue weighted by Gasteiger charge is -2.17. The number of hydrogen-bond donors (Lipinski definition) is 1. The topological polar surface area (TPSA) is 21.3 Å². The van der Waals surface area contributed by atoms with Crippen LogP contribution in [0.2, 0.25) is 0 Å². The molecule has 1 heterocycles. The number of benzene rings is 1. The van der Waals surface area contributed by atoms with E-state index in [1.54, 1.807) is 17.4 Å². The lowest BCUT2D eigenvalue weighted by atomic mass is 10.2. The lowest BCUT2D eigenvalue weighted by Crippen LogP contribution is -2.07. The van der Waals surface area contributed by atoms with Crippen molar-refractivity contribution >= 4 is 33.0 Å². The van der Waals surface area contributed by atoms with Crippen LogP contribution in [0.15, 0.2) is 34.1 Å². The Morgan fingerprint density at radius 1 is 1.42 bits per heavy atom. The van der Waals surface area contributed by atoms with Crippen molar-refractivity contribution in [1.82, 2.24) is 0 Å². The fourth-order valence-electron chi connectivity index (χ4n) is 1.80. The Morgan fingerprint density at radius 2 is 2.21 bits per heavy atom. The molecule has 0 aliphatic rings. The van der Waals surface area contributed by atoms with E-state index in [4.69, 9.17) is 4.74 Å². The molecule has 5 heteroatoms. The average Bonchev–Trinajstić information content (AvgIpc) is 2.79. The Bertz CT molecular complexity index is 558. The summed E-state index contributed by atoms with van der Waals surface area (Å²) in [5.74, 6) is 0.251. The second kappa shape index (κ2) is 6.39. The molecule has 2 nitrogen and oxygen atoms in total. The summed E-state index contributed by atoms with van der Waals surface area (Å²) < 4.78 is 19.8. The average molecular weight is 344 g/mol. The number of ether oxygens (including phenoxy) is 1. The maximum atomic E-state index is 13.2. The maximum absolute atomic E-state index is 13.2. The molecule has 0 fully saturated rings. The van der Waals surface area contributed by atoms with Crippen LogP contribution in [0.5, 0.6) is 5.75 Å². The Balaban J connectivity index is 2.21. The third-order valence-corrected chi connectivity index (χ3v) is 4.71. The van der Waals surface area contributed by atoms with Gasteiger partial charge in [-0.2, -0.15) is 0 Å². The first-order valence-corrected chi connectivity index (χ1v) is 7.71. The van der Waals surface area contributed by atoms with Crippen LogP contribution in [0, 0.1) is 5.82 Å². The first-order chi connectivity index (χ1) is 9.11. The standard InChI is InChI=1S/C14H15BrFNOS/c1-3-18-13-8-10(16)4-5-12(13)17-9(2)14-11(15)6-7-19-14/h4-9,17H,3H2,1-2H3. The van der Waals surface area contributed by atoms with Gasteiger partial charge in [-0.25, -0.2) is 4.39 Å². The van der Waals surface area contributed by atoms with Crippen LogP contribution in [0.4, 0.5) is 10.1 Å². The highest BCUT2D eigenvalue weighted by atomic mass is 79.9. The number of hydrogen-bond acceptors (Lipinski definition) is 3. The Labute approximate surface area is 124 Å². The third kappa shape index (κ3) is 3.48. The van der Waals surface area contributed by atoms with Gasteiger partial charge in [-0.3, -0.25) is 0 Å². The van der Waals surface area contributed by atoms with Crippen molar-refractivity contribution in [2.45, 2.75) is 19.9 Å². The third-order valence-electron chi connectivity index (χ3n) is 2.65. The summed E-state index contributed by atoms with van der Waals surface area (Å²) in [6.07, 6.45) is 0. The van der Waals surface area contributed by atoms with Gasteiger partial charge in [0.2, 0.25) is 0 Å². The first-order valence-electron chi connectivity index (χ1n) is 6.03. The minimum absolute atomic E-state index is 0.124. The van der Waals surface area contributed by atoms with Gasteiger partial charge in [0.05, 0.1) is 18.3 Å². The Kier molecular flexibility index (Phi) is 4.82. The van der Waals surface area contributed by atoms with Gasteiger partial charge in [0, 0.05) is 15.4 Å². The lowest BCUT2D eigenvalue weighted by molar-refractivity contribution is 0.339. The van der Waals surface area contributed by atoms with Crippen molar-refractivity contribution < 1.29 is 9.13 Å². The zero-order valence-electron chi connectivity index (χ0n) is 10.7. The molecule has 1 unspecified atom stereocenters. The molecule has 1 aromatic carbocycles. The predicted molar refractivity (Wildman–Crippen MR) is 81.6 cm³/mol. The molecule has 0 aliphatic carbocycles. The fraction of sp³-hybridized carbons (Fsp3) is 0.286. The van der Waals surface area contributed by atoms with Crippen molar-refractivity contribution in [2.24, 2.45) is 0 Å². The van der Waals surface area contributed by atoms with Gasteiger partial charge in [-0.1, -0.05) is 0 Å². The minimum Gasteiger partial charge on any atom is -0.492 e. The molecule has 0 bridgehead atoms. The quantitative estimate of drug-likeness (QED) is 0.803. The fourth-order valence-corrected chi connectivity index (χ4v) is 3.53. The molecule has 0 saturated carbocycles. The summed E-state index contributed by atoms with van der Waals surface area (Å²) in [5.41, 5.74) is 0.802. The van der Waals surface area contributed by atoms with E-state index in [1.165, 1.54) is 17.0 Å². The van der Waals surface area contributed by atoms with E-state index in [1.807, 2.05) is 18.4 Å². The van der Waals surface area contributed by atoms with Gasteiger partial charge in [0.1, 0.15) is 11.6 Å². The molecule has 0 spiro atoms. The highest BCUT2D eigenvalue weighted by Crippen LogP contribution is 2.34.